The smallest absolute Gasteiger partial charge is 0.350 e. The highest BCUT2D eigenvalue weighted by atomic mass is 32.2. The first-order valence-electron chi connectivity index (χ1n) is 5.57. The van der Waals surface area contributed by atoms with Crippen LogP contribution in [-0.2, 0) is 4.18 Å². The van der Waals surface area contributed by atoms with Crippen molar-refractivity contribution in [3.63, 3.8) is 0 Å². The molecular weight excluding hydrogens is 262 g/mol. The number of carbonyl (C=O) groups excluding carboxylic acids is 1. The molecule has 2 aromatic carbocycles. The molecule has 0 aliphatic carbocycles. The highest BCUT2D eigenvalue weighted by Gasteiger charge is 2.08. The van der Waals surface area contributed by atoms with Crippen molar-refractivity contribution >= 4 is 23.7 Å². The van der Waals surface area contributed by atoms with Gasteiger partial charge in [-0.25, -0.2) is 4.79 Å². The zero-order chi connectivity index (χ0) is 13.7. The van der Waals surface area contributed by atoms with Crippen LogP contribution in [0.15, 0.2) is 53.4 Å². The van der Waals surface area contributed by atoms with E-state index in [0.717, 1.165) is 22.7 Å². The van der Waals surface area contributed by atoms with Crippen molar-refractivity contribution in [3.05, 3.63) is 54.1 Å². The van der Waals surface area contributed by atoms with E-state index in [4.69, 9.17) is 14.7 Å². The van der Waals surface area contributed by atoms with Crippen LogP contribution in [0.4, 0.5) is 5.69 Å². The molecule has 0 unspecified atom stereocenters. The molecule has 2 N–H and O–H groups in total. The van der Waals surface area contributed by atoms with Gasteiger partial charge in [0.2, 0.25) is 0 Å². The predicted molar refractivity (Wildman–Crippen MR) is 75.1 cm³/mol. The van der Waals surface area contributed by atoms with Gasteiger partial charge in [0.15, 0.2) is 0 Å². The van der Waals surface area contributed by atoms with Crippen molar-refractivity contribution < 1.29 is 13.7 Å². The maximum Gasteiger partial charge on any atom is 0.350 e. The maximum absolute atomic E-state index is 11.7. The highest BCUT2D eigenvalue weighted by molar-refractivity contribution is 7.95. The summed E-state index contributed by atoms with van der Waals surface area (Å²) in [6.07, 6.45) is 0. The van der Waals surface area contributed by atoms with Gasteiger partial charge >= 0.3 is 5.97 Å². The van der Waals surface area contributed by atoms with Crippen LogP contribution in [0.25, 0.3) is 0 Å². The third kappa shape index (κ3) is 3.66. The molecule has 0 saturated carbocycles. The number of benzene rings is 2. The van der Waals surface area contributed by atoms with Crippen molar-refractivity contribution in [2.75, 3.05) is 12.8 Å². The van der Waals surface area contributed by atoms with Gasteiger partial charge in [-0.2, -0.15) is 0 Å². The second kappa shape index (κ2) is 6.15. The predicted octanol–water partition coefficient (Wildman–Crippen LogP) is 3.14. The summed E-state index contributed by atoms with van der Waals surface area (Å²) in [5.74, 6) is 0.357. The summed E-state index contributed by atoms with van der Waals surface area (Å²) in [4.78, 5) is 12.6. The molecule has 5 heteroatoms. The number of hydrogen-bond donors (Lipinski definition) is 1. The van der Waals surface area contributed by atoms with Crippen LogP contribution < -0.4 is 10.5 Å². The van der Waals surface area contributed by atoms with E-state index in [9.17, 15) is 4.79 Å². The van der Waals surface area contributed by atoms with Crippen LogP contribution in [0.5, 0.6) is 5.75 Å². The second-order valence-electron chi connectivity index (χ2n) is 3.75. The summed E-state index contributed by atoms with van der Waals surface area (Å²) in [5, 5.41) is 0. The number of hydrogen-bond acceptors (Lipinski definition) is 5. The first kappa shape index (κ1) is 13.3. The van der Waals surface area contributed by atoms with E-state index in [2.05, 4.69) is 0 Å². The average Bonchev–Trinajstić information content (AvgIpc) is 2.46. The summed E-state index contributed by atoms with van der Waals surface area (Å²) in [7, 11) is 1.60. The molecule has 0 atom stereocenters. The molecule has 0 radical (unpaired) electrons. The highest BCUT2D eigenvalue weighted by Crippen LogP contribution is 2.23. The average molecular weight is 275 g/mol. The lowest BCUT2D eigenvalue weighted by Crippen LogP contribution is -1.99. The number of carbonyl (C=O) groups is 1. The molecule has 19 heavy (non-hydrogen) atoms. The Morgan fingerprint density at radius 3 is 2.26 bits per heavy atom. The zero-order valence-corrected chi connectivity index (χ0v) is 11.1. The molecule has 0 spiro atoms. The van der Waals surface area contributed by atoms with Gasteiger partial charge in [0.25, 0.3) is 0 Å². The van der Waals surface area contributed by atoms with Gasteiger partial charge in [-0.15, -0.1) is 0 Å². The molecular formula is C14H13NO3S. The van der Waals surface area contributed by atoms with Crippen molar-refractivity contribution in [1.29, 1.82) is 0 Å². The maximum atomic E-state index is 11.7. The normalized spacial score (nSPS) is 9.95. The van der Waals surface area contributed by atoms with Crippen LogP contribution >= 0.6 is 12.0 Å². The summed E-state index contributed by atoms with van der Waals surface area (Å²) in [6, 6.07) is 13.8. The lowest BCUT2D eigenvalue weighted by Gasteiger charge is -2.04. The fraction of sp³-hybridized carbons (Fsp3) is 0.0714. The molecule has 4 nitrogen and oxygen atoms in total. The van der Waals surface area contributed by atoms with Gasteiger partial charge in [0.05, 0.1) is 24.7 Å². The van der Waals surface area contributed by atoms with E-state index in [-0.39, 0.29) is 0 Å². The molecule has 98 valence electrons. The Kier molecular flexibility index (Phi) is 4.30. The van der Waals surface area contributed by atoms with E-state index in [1.54, 1.807) is 43.5 Å². The van der Waals surface area contributed by atoms with Gasteiger partial charge in [-0.05, 0) is 48.5 Å². The molecule has 0 aliphatic heterocycles. The van der Waals surface area contributed by atoms with Crippen molar-refractivity contribution in [2.24, 2.45) is 0 Å². The number of rotatable bonds is 4. The van der Waals surface area contributed by atoms with Gasteiger partial charge in [-0.3, -0.25) is 0 Å². The van der Waals surface area contributed by atoms with E-state index < -0.39 is 5.97 Å². The van der Waals surface area contributed by atoms with E-state index >= 15 is 0 Å². The van der Waals surface area contributed by atoms with Gasteiger partial charge in [0.1, 0.15) is 5.75 Å². The van der Waals surface area contributed by atoms with Gasteiger partial charge in [-0.1, -0.05) is 0 Å². The van der Waals surface area contributed by atoms with Gasteiger partial charge < -0.3 is 14.7 Å². The summed E-state index contributed by atoms with van der Waals surface area (Å²) in [5.41, 5.74) is 6.63. The monoisotopic (exact) mass is 275 g/mol. The molecule has 0 aromatic heterocycles. The first-order valence-corrected chi connectivity index (χ1v) is 6.31. The molecule has 2 aromatic rings. The van der Waals surface area contributed by atoms with Crippen LogP contribution in [0.3, 0.4) is 0 Å². The Labute approximate surface area is 115 Å². The minimum absolute atomic E-state index is 0.402. The Hall–Kier alpha value is -2.14. The molecule has 0 amide bonds. The molecule has 2 rings (SSSR count). The lowest BCUT2D eigenvalue weighted by atomic mass is 10.2. The van der Waals surface area contributed by atoms with Crippen molar-refractivity contribution in [2.45, 2.75) is 4.90 Å². The SMILES string of the molecule is COc1ccc(SOC(=O)c2ccc(N)cc2)cc1. The van der Waals surface area contributed by atoms with E-state index in [1.807, 2.05) is 12.1 Å². The number of anilines is 1. The lowest BCUT2D eigenvalue weighted by molar-refractivity contribution is 0.0768. The largest absolute Gasteiger partial charge is 0.497 e. The van der Waals surface area contributed by atoms with Gasteiger partial charge in [0, 0.05) is 10.6 Å². The third-order valence-corrected chi connectivity index (χ3v) is 3.12. The van der Waals surface area contributed by atoms with E-state index in [0.29, 0.717) is 11.3 Å². The Morgan fingerprint density at radius 1 is 1.05 bits per heavy atom. The summed E-state index contributed by atoms with van der Waals surface area (Å²) in [6.45, 7) is 0. The Balaban J connectivity index is 1.94. The number of methoxy groups -OCH3 is 1. The zero-order valence-electron chi connectivity index (χ0n) is 10.3. The van der Waals surface area contributed by atoms with E-state index in [1.165, 1.54) is 0 Å². The second-order valence-corrected chi connectivity index (χ2v) is 4.56. The Bertz CT molecular complexity index is 552. The molecule has 0 heterocycles. The van der Waals surface area contributed by atoms with Crippen LogP contribution in [0, 0.1) is 0 Å². The summed E-state index contributed by atoms with van der Waals surface area (Å²) >= 11 is 1.01. The minimum atomic E-state index is -0.402. The first-order chi connectivity index (χ1) is 9.19. The number of ether oxygens (including phenoxy) is 1. The molecule has 0 fully saturated rings. The van der Waals surface area contributed by atoms with Crippen molar-refractivity contribution in [1.82, 2.24) is 0 Å². The number of nitrogens with two attached hydrogens (primary N) is 1. The molecule has 0 bridgehead atoms. The minimum Gasteiger partial charge on any atom is -0.497 e. The molecule has 0 aliphatic rings. The standard InChI is InChI=1S/C14H13NO3S/c1-17-12-6-8-13(9-7-12)19-18-14(16)10-2-4-11(15)5-3-10/h2-9H,15H2,1H3. The van der Waals surface area contributed by atoms with Crippen molar-refractivity contribution in [3.8, 4) is 5.75 Å². The molecule has 0 saturated heterocycles. The van der Waals surface area contributed by atoms with Crippen LogP contribution in [-0.4, -0.2) is 13.1 Å². The third-order valence-electron chi connectivity index (χ3n) is 2.42. The van der Waals surface area contributed by atoms with Crippen LogP contribution in [0.1, 0.15) is 10.4 Å². The van der Waals surface area contributed by atoms with Crippen LogP contribution in [0.2, 0.25) is 0 Å². The fourth-order valence-electron chi connectivity index (χ4n) is 1.38. The quantitative estimate of drug-likeness (QED) is 0.686. The summed E-state index contributed by atoms with van der Waals surface area (Å²) < 4.78 is 10.2. The number of nitrogen functional groups attached to an aromatic ring is 1. The Morgan fingerprint density at radius 2 is 1.68 bits per heavy atom. The topological polar surface area (TPSA) is 61.5 Å². The fourth-order valence-corrected chi connectivity index (χ4v) is 1.90.